The normalized spacial score (nSPS) is 12.7. The van der Waals surface area contributed by atoms with Gasteiger partial charge in [-0.05, 0) is 82.1 Å². The summed E-state index contributed by atoms with van der Waals surface area (Å²) in [6, 6.07) is 4.02. The Morgan fingerprint density at radius 2 is 1.19 bits per heavy atom. The molecule has 3 atom stereocenters. The van der Waals surface area contributed by atoms with E-state index in [4.69, 9.17) is 21.3 Å². The van der Waals surface area contributed by atoms with Gasteiger partial charge in [-0.3, -0.25) is 19.2 Å². The summed E-state index contributed by atoms with van der Waals surface area (Å²) in [5.74, 6) is -2.27. The molecule has 0 heterocycles. The van der Waals surface area contributed by atoms with Crippen LogP contribution in [0.15, 0.2) is 24.3 Å². The van der Waals surface area contributed by atoms with E-state index in [2.05, 4.69) is 16.0 Å². The highest BCUT2D eigenvalue weighted by molar-refractivity contribution is 5.87. The molecule has 294 valence electrons. The van der Waals surface area contributed by atoms with Crippen LogP contribution in [0.2, 0.25) is 0 Å². The molecule has 1 rings (SSSR count). The molecule has 0 saturated carbocycles. The number of benzene rings is 1. The van der Waals surface area contributed by atoms with Gasteiger partial charge in [0.15, 0.2) is 0 Å². The molecule has 0 aromatic heterocycles. The summed E-state index contributed by atoms with van der Waals surface area (Å²) in [6.07, 6.45) is 12.4. The van der Waals surface area contributed by atoms with Gasteiger partial charge in [0.25, 0.3) is 0 Å². The summed E-state index contributed by atoms with van der Waals surface area (Å²) >= 11 is 0. The maximum Gasteiger partial charge on any atom is 0.335 e. The number of nitrogens with one attached hydrogen (secondary N) is 3. The molecule has 0 radical (unpaired) electrons. The van der Waals surface area contributed by atoms with Crippen molar-refractivity contribution in [2.45, 2.75) is 147 Å². The smallest absolute Gasteiger partial charge is 0.335 e. The third-order valence-corrected chi connectivity index (χ3v) is 8.70. The van der Waals surface area contributed by atoms with Crippen molar-refractivity contribution in [2.24, 2.45) is 11.5 Å². The number of rotatable bonds is 32. The van der Waals surface area contributed by atoms with Crippen LogP contribution in [0.3, 0.4) is 0 Å². The molecule has 0 aliphatic carbocycles. The number of hydrogen-bond acceptors (Lipinski definition) is 9. The van der Waals surface area contributed by atoms with Crippen LogP contribution in [0.25, 0.3) is 0 Å². The second kappa shape index (κ2) is 28.5. The van der Waals surface area contributed by atoms with Crippen molar-refractivity contribution < 1.29 is 43.7 Å². The number of aromatic carboxylic acids is 1. The molecule has 1 aromatic rings. The predicted molar refractivity (Wildman–Crippen MR) is 199 cm³/mol. The number of ether oxygens (including phenoxy) is 1. The first-order chi connectivity index (χ1) is 24.9. The van der Waals surface area contributed by atoms with Gasteiger partial charge in [-0.15, -0.1) is 0 Å². The van der Waals surface area contributed by atoms with Gasteiger partial charge in [-0.1, -0.05) is 51.9 Å². The fourth-order valence-electron chi connectivity index (χ4n) is 5.45. The highest BCUT2D eigenvalue weighted by Crippen LogP contribution is 2.14. The summed E-state index contributed by atoms with van der Waals surface area (Å²) in [6.45, 7) is 3.59. The summed E-state index contributed by atoms with van der Waals surface area (Å²) in [5.41, 5.74) is 12.1. The molecule has 14 heteroatoms. The lowest BCUT2D eigenvalue weighted by atomic mass is 10.0. The van der Waals surface area contributed by atoms with Crippen molar-refractivity contribution in [3.8, 4) is 5.75 Å². The molecule has 0 bridgehead atoms. The molecular weight excluding hydrogens is 670 g/mol. The van der Waals surface area contributed by atoms with Gasteiger partial charge in [0, 0.05) is 32.4 Å². The van der Waals surface area contributed by atoms with Crippen LogP contribution < -0.4 is 32.2 Å². The van der Waals surface area contributed by atoms with Crippen molar-refractivity contribution in [3.63, 3.8) is 0 Å². The van der Waals surface area contributed by atoms with Gasteiger partial charge >= 0.3 is 11.9 Å². The number of Topliss-reactive ketones (excluding diaryl/α,β-unsaturated/α-hetero) is 1. The third-order valence-electron chi connectivity index (χ3n) is 8.70. The fraction of sp³-hybridized carbons (Fsp3) is 0.684. The minimum atomic E-state index is -1.16. The van der Waals surface area contributed by atoms with Crippen molar-refractivity contribution in [1.29, 1.82) is 0 Å². The molecule has 14 nitrogen and oxygen atoms in total. The highest BCUT2D eigenvalue weighted by Gasteiger charge is 2.21. The van der Waals surface area contributed by atoms with E-state index in [1.807, 2.05) is 6.92 Å². The monoisotopic (exact) mass is 733 g/mol. The average Bonchev–Trinajstić information content (AvgIpc) is 3.12. The standard InChI is InChI=1S/C38H63N5O9/c1-2-25-41-35(46)32(40)17-12-13-26-42-36(47)31(39)16-10-8-9-15-29(44)21-24-33(38(50)51)43-34(45)18-11-6-4-3-5-7-14-27-52-30-22-19-28(20-23-30)37(48)49/h19-20,22-23,31-33H,2-18,21,24-27,39-40H2,1H3,(H,41,46)(H,42,47)(H,43,45)(H,48,49)(H,50,51)/t31-,32-,33-/m0/s1. The Morgan fingerprint density at radius 3 is 1.79 bits per heavy atom. The maximum atomic E-state index is 12.4. The Labute approximate surface area is 308 Å². The molecular formula is C38H63N5O9. The molecule has 0 aliphatic rings. The topological polar surface area (TPSA) is 240 Å². The van der Waals surface area contributed by atoms with E-state index in [0.717, 1.165) is 44.9 Å². The predicted octanol–water partition coefficient (Wildman–Crippen LogP) is 4.22. The molecule has 9 N–H and O–H groups in total. The van der Waals surface area contributed by atoms with E-state index in [0.29, 0.717) is 83.2 Å². The van der Waals surface area contributed by atoms with Gasteiger partial charge in [-0.2, -0.15) is 0 Å². The first-order valence-electron chi connectivity index (χ1n) is 19.0. The van der Waals surface area contributed by atoms with Crippen LogP contribution in [0.4, 0.5) is 0 Å². The van der Waals surface area contributed by atoms with Gasteiger partial charge in [0.05, 0.1) is 24.3 Å². The average molecular weight is 734 g/mol. The molecule has 1 aromatic carbocycles. The maximum absolute atomic E-state index is 12.4. The Bertz CT molecular complexity index is 1210. The lowest BCUT2D eigenvalue weighted by Crippen LogP contribution is -2.41. The molecule has 0 saturated heterocycles. The van der Waals surface area contributed by atoms with Crippen LogP contribution >= 0.6 is 0 Å². The minimum absolute atomic E-state index is 0.0420. The minimum Gasteiger partial charge on any atom is -0.494 e. The van der Waals surface area contributed by atoms with Crippen LogP contribution in [-0.2, 0) is 24.0 Å². The summed E-state index contributed by atoms with van der Waals surface area (Å²) in [4.78, 5) is 71.3. The number of nitrogens with two attached hydrogens (primary N) is 2. The van der Waals surface area contributed by atoms with Crippen molar-refractivity contribution in [2.75, 3.05) is 19.7 Å². The van der Waals surface area contributed by atoms with Gasteiger partial charge in [-0.25, -0.2) is 9.59 Å². The van der Waals surface area contributed by atoms with Crippen molar-refractivity contribution >= 4 is 35.4 Å². The lowest BCUT2D eigenvalue weighted by Gasteiger charge is -2.14. The molecule has 3 amide bonds. The number of carboxylic acids is 2. The van der Waals surface area contributed by atoms with Gasteiger partial charge in [0.2, 0.25) is 17.7 Å². The third kappa shape index (κ3) is 22.7. The number of carboxylic acid groups (broad SMARTS) is 2. The van der Waals surface area contributed by atoms with Crippen molar-refractivity contribution in [3.05, 3.63) is 29.8 Å². The second-order valence-corrected chi connectivity index (χ2v) is 13.3. The molecule has 0 fully saturated rings. The van der Waals surface area contributed by atoms with Crippen LogP contribution in [0.1, 0.15) is 139 Å². The zero-order chi connectivity index (χ0) is 38.6. The highest BCUT2D eigenvalue weighted by atomic mass is 16.5. The SMILES string of the molecule is CCCNC(=O)[C@@H](N)CCCCNC(=O)[C@@H](N)CCCCCC(=O)CC[C@H](NC(=O)CCCCCCCCCOc1ccc(C(=O)O)cc1)C(=O)O. The van der Waals surface area contributed by atoms with E-state index in [-0.39, 0.29) is 48.3 Å². The first kappa shape index (κ1) is 46.0. The summed E-state index contributed by atoms with van der Waals surface area (Å²) in [5, 5.41) is 26.6. The Kier molecular flexibility index (Phi) is 25.2. The number of carbonyl (C=O) groups is 6. The van der Waals surface area contributed by atoms with Crippen LogP contribution in [-0.4, -0.2) is 83.5 Å². The van der Waals surface area contributed by atoms with E-state index >= 15 is 0 Å². The van der Waals surface area contributed by atoms with Gasteiger partial charge in [0.1, 0.15) is 17.6 Å². The molecule has 0 spiro atoms. The zero-order valence-electron chi connectivity index (χ0n) is 31.0. The molecule has 0 unspecified atom stereocenters. The first-order valence-corrected chi connectivity index (χ1v) is 19.0. The van der Waals surface area contributed by atoms with E-state index in [9.17, 15) is 33.9 Å². The van der Waals surface area contributed by atoms with E-state index < -0.39 is 30.1 Å². The number of carbonyl (C=O) groups excluding carboxylic acids is 4. The largest absolute Gasteiger partial charge is 0.494 e. The fourth-order valence-corrected chi connectivity index (χ4v) is 5.45. The Hall–Kier alpha value is -4.04. The van der Waals surface area contributed by atoms with Crippen LogP contribution in [0.5, 0.6) is 5.75 Å². The Balaban J connectivity index is 2.06. The summed E-state index contributed by atoms with van der Waals surface area (Å²) in [7, 11) is 0. The lowest BCUT2D eigenvalue weighted by molar-refractivity contribution is -0.142. The number of amides is 3. The molecule has 52 heavy (non-hydrogen) atoms. The number of aliphatic carboxylic acids is 1. The van der Waals surface area contributed by atoms with Gasteiger partial charge < -0.3 is 42.4 Å². The Morgan fingerprint density at radius 1 is 0.654 bits per heavy atom. The summed E-state index contributed by atoms with van der Waals surface area (Å²) < 4.78 is 5.64. The van der Waals surface area contributed by atoms with Crippen LogP contribution in [0, 0.1) is 0 Å². The number of hydrogen-bond donors (Lipinski definition) is 7. The second-order valence-electron chi connectivity index (χ2n) is 13.3. The molecule has 0 aliphatic heterocycles. The number of ketones is 1. The quantitative estimate of drug-likeness (QED) is 0.0517. The number of unbranched alkanes of at least 4 members (excludes halogenated alkanes) is 9. The van der Waals surface area contributed by atoms with E-state index in [1.165, 1.54) is 12.1 Å². The van der Waals surface area contributed by atoms with Crippen molar-refractivity contribution in [1.82, 2.24) is 16.0 Å². The van der Waals surface area contributed by atoms with E-state index in [1.54, 1.807) is 12.1 Å². The zero-order valence-corrected chi connectivity index (χ0v) is 31.0.